The van der Waals surface area contributed by atoms with Crippen LogP contribution >= 0.6 is 0 Å². The third kappa shape index (κ3) is 0.622. The highest BCUT2D eigenvalue weighted by Crippen LogP contribution is 2.45. The smallest absolute Gasteiger partial charge is 0.328 e. The number of hydrogen-bond donors (Lipinski definition) is 0. The first-order valence-corrected chi connectivity index (χ1v) is 3.60. The molecule has 0 amide bonds. The monoisotopic (exact) mass is 163 g/mol. The fraction of sp³-hybridized carbons (Fsp3) is 0.125. The topological polar surface area (TPSA) is 41.8 Å². The molecule has 1 aromatic carbocycles. The summed E-state index contributed by atoms with van der Waals surface area (Å²) in [7, 11) is 0. The Morgan fingerprint density at radius 1 is 1.50 bits per heavy atom. The molecule has 0 aromatic heterocycles. The lowest BCUT2D eigenvalue weighted by molar-refractivity contribution is 0.112. The second-order valence-electron chi connectivity index (χ2n) is 2.70. The minimum atomic E-state index is -0.248. The third-order valence-electron chi connectivity index (χ3n) is 1.93. The van der Waals surface area contributed by atoms with Crippen molar-refractivity contribution in [2.75, 3.05) is 5.06 Å². The lowest BCUT2D eigenvalue weighted by Crippen LogP contribution is -1.94. The minimum Gasteiger partial charge on any atom is -0.441 e. The molecule has 1 fully saturated rings. The molecule has 4 heteroatoms. The summed E-state index contributed by atoms with van der Waals surface area (Å²) in [5, 5.41) is 1.66. The van der Waals surface area contributed by atoms with Gasteiger partial charge in [0.05, 0.1) is 0 Å². The molecule has 0 aliphatic carbocycles. The maximum atomic E-state index is 10.4. The molecule has 12 heavy (non-hydrogen) atoms. The van der Waals surface area contributed by atoms with E-state index >= 15 is 0 Å². The largest absolute Gasteiger partial charge is 0.441 e. The van der Waals surface area contributed by atoms with Crippen LogP contribution in [0.15, 0.2) is 18.2 Å². The average molecular weight is 163 g/mol. The van der Waals surface area contributed by atoms with E-state index in [0.29, 0.717) is 5.56 Å². The van der Waals surface area contributed by atoms with Crippen molar-refractivity contribution in [3.63, 3.8) is 0 Å². The van der Waals surface area contributed by atoms with E-state index in [1.807, 2.05) is 6.07 Å². The van der Waals surface area contributed by atoms with Crippen LogP contribution in [0.1, 0.15) is 10.4 Å². The van der Waals surface area contributed by atoms with E-state index in [-0.39, 0.29) is 6.41 Å². The Morgan fingerprint density at radius 3 is 3.25 bits per heavy atom. The highest BCUT2D eigenvalue weighted by molar-refractivity contribution is 5.79. The number of nitrogens with zero attached hydrogens (tertiary/aromatic N) is 1. The van der Waals surface area contributed by atoms with E-state index in [0.717, 1.165) is 17.7 Å². The number of ether oxygens (including phenoxy) is 1. The van der Waals surface area contributed by atoms with Gasteiger partial charge in [0.1, 0.15) is 12.0 Å². The van der Waals surface area contributed by atoms with Gasteiger partial charge in [0.15, 0.2) is 5.75 Å². The second kappa shape index (κ2) is 1.78. The number of aldehydes is 1. The number of rotatable bonds is 1. The predicted octanol–water partition coefficient (Wildman–Crippen LogP) is 0.927. The molecule has 1 saturated heterocycles. The van der Waals surface area contributed by atoms with Crippen LogP contribution in [0.3, 0.4) is 0 Å². The normalized spacial score (nSPS) is 22.7. The lowest BCUT2D eigenvalue weighted by Gasteiger charge is -2.00. The summed E-state index contributed by atoms with van der Waals surface area (Å²) in [4.78, 5) is 15.4. The van der Waals surface area contributed by atoms with E-state index < -0.39 is 0 Å². The summed E-state index contributed by atoms with van der Waals surface area (Å²) in [5.74, 6) is 0.718. The Morgan fingerprint density at radius 2 is 2.42 bits per heavy atom. The number of benzene rings is 1. The summed E-state index contributed by atoms with van der Waals surface area (Å²) in [6.45, 7) is 0. The molecule has 0 bridgehead atoms. The van der Waals surface area contributed by atoms with Gasteiger partial charge in [-0.1, -0.05) is 0 Å². The van der Waals surface area contributed by atoms with E-state index in [1.165, 1.54) is 0 Å². The lowest BCUT2D eigenvalue weighted by atomic mass is 10.2. The number of hydrogen-bond acceptors (Lipinski definition) is 4. The van der Waals surface area contributed by atoms with Gasteiger partial charge in [-0.05, 0) is 18.2 Å². The molecule has 1 aromatic rings. The van der Waals surface area contributed by atoms with Crippen LogP contribution in [-0.2, 0) is 4.84 Å². The highest BCUT2D eigenvalue weighted by Gasteiger charge is 2.47. The van der Waals surface area contributed by atoms with Crippen molar-refractivity contribution in [2.24, 2.45) is 0 Å². The Kier molecular flexibility index (Phi) is 0.895. The summed E-state index contributed by atoms with van der Waals surface area (Å²) in [6.07, 6.45) is 0.547. The molecule has 0 N–H and O–H groups in total. The number of carbonyl (C=O) groups excluding carboxylic acids is 1. The summed E-state index contributed by atoms with van der Waals surface area (Å²) in [5.41, 5.74) is 1.52. The van der Waals surface area contributed by atoms with Gasteiger partial charge in [0, 0.05) is 5.56 Å². The minimum absolute atomic E-state index is 0.248. The van der Waals surface area contributed by atoms with Crippen LogP contribution < -0.4 is 9.80 Å². The molecular weight excluding hydrogens is 158 g/mol. The summed E-state index contributed by atoms with van der Waals surface area (Å²) < 4.78 is 5.27. The van der Waals surface area contributed by atoms with Crippen molar-refractivity contribution in [3.05, 3.63) is 23.8 Å². The van der Waals surface area contributed by atoms with Crippen molar-refractivity contribution < 1.29 is 14.4 Å². The Balaban J connectivity index is 2.13. The average Bonchev–Trinajstić information content (AvgIpc) is 2.78. The van der Waals surface area contributed by atoms with Crippen molar-refractivity contribution in [1.82, 2.24) is 0 Å². The molecule has 0 radical (unpaired) electrons. The Bertz CT molecular complexity index is 363. The van der Waals surface area contributed by atoms with Gasteiger partial charge in [-0.15, -0.1) is 0 Å². The maximum absolute atomic E-state index is 10.4. The zero-order chi connectivity index (χ0) is 8.13. The fourth-order valence-electron chi connectivity index (χ4n) is 1.30. The molecule has 1 unspecified atom stereocenters. The summed E-state index contributed by atoms with van der Waals surface area (Å²) >= 11 is 0. The van der Waals surface area contributed by atoms with E-state index in [2.05, 4.69) is 0 Å². The predicted molar refractivity (Wildman–Crippen MR) is 39.8 cm³/mol. The first-order chi connectivity index (χ1) is 5.88. The van der Waals surface area contributed by atoms with E-state index in [4.69, 9.17) is 9.57 Å². The van der Waals surface area contributed by atoms with Crippen LogP contribution in [0.25, 0.3) is 0 Å². The standard InChI is InChI=1S/C8H5NO3/c10-4-5-1-2-6-7(3-5)11-8-9(6)12-8/h1-4,8H. The number of anilines is 1. The van der Waals surface area contributed by atoms with Gasteiger partial charge in [0.2, 0.25) is 0 Å². The SMILES string of the molecule is O=Cc1ccc2c(c1)OC1ON21. The molecule has 2 aliphatic heterocycles. The Labute approximate surface area is 68.3 Å². The molecule has 4 nitrogen and oxygen atoms in total. The quantitative estimate of drug-likeness (QED) is 0.456. The van der Waals surface area contributed by atoms with Crippen LogP contribution in [0.4, 0.5) is 5.69 Å². The number of carbonyl (C=O) groups is 1. The number of fused-ring (bicyclic) bond motifs is 3. The van der Waals surface area contributed by atoms with Crippen molar-refractivity contribution in [1.29, 1.82) is 0 Å². The molecule has 2 heterocycles. The molecule has 60 valence electrons. The first-order valence-electron chi connectivity index (χ1n) is 3.60. The molecule has 0 saturated carbocycles. The van der Waals surface area contributed by atoms with Gasteiger partial charge in [0.25, 0.3) is 0 Å². The van der Waals surface area contributed by atoms with Crippen molar-refractivity contribution in [3.8, 4) is 5.75 Å². The fourth-order valence-corrected chi connectivity index (χ4v) is 1.30. The van der Waals surface area contributed by atoms with Crippen LogP contribution in [-0.4, -0.2) is 12.7 Å². The third-order valence-corrected chi connectivity index (χ3v) is 1.93. The zero-order valence-corrected chi connectivity index (χ0v) is 6.06. The van der Waals surface area contributed by atoms with Crippen molar-refractivity contribution in [2.45, 2.75) is 6.41 Å². The highest BCUT2D eigenvalue weighted by atomic mass is 17.0. The van der Waals surface area contributed by atoms with E-state index in [1.54, 1.807) is 17.2 Å². The van der Waals surface area contributed by atoms with Gasteiger partial charge >= 0.3 is 6.41 Å². The Hall–Kier alpha value is -1.55. The van der Waals surface area contributed by atoms with E-state index in [9.17, 15) is 4.79 Å². The molecule has 3 rings (SSSR count). The van der Waals surface area contributed by atoms with Crippen molar-refractivity contribution >= 4 is 12.0 Å². The van der Waals surface area contributed by atoms with Gasteiger partial charge in [-0.25, -0.2) is 0 Å². The summed E-state index contributed by atoms with van der Waals surface area (Å²) in [6, 6.07) is 5.25. The van der Waals surface area contributed by atoms with Gasteiger partial charge in [-0.3, -0.25) is 4.79 Å². The molecule has 2 aliphatic rings. The molecule has 0 spiro atoms. The number of hydroxylamine groups is 1. The molecule has 1 atom stereocenters. The van der Waals surface area contributed by atoms with Crippen LogP contribution in [0.2, 0.25) is 0 Å². The second-order valence-corrected chi connectivity index (χ2v) is 2.70. The zero-order valence-electron chi connectivity index (χ0n) is 6.06. The first kappa shape index (κ1) is 6.02. The van der Waals surface area contributed by atoms with Gasteiger partial charge in [-0.2, -0.15) is 9.90 Å². The van der Waals surface area contributed by atoms with Gasteiger partial charge < -0.3 is 4.74 Å². The van der Waals surface area contributed by atoms with Crippen LogP contribution in [0, 0.1) is 0 Å². The maximum Gasteiger partial charge on any atom is 0.328 e. The van der Waals surface area contributed by atoms with Crippen LogP contribution in [0.5, 0.6) is 5.75 Å². The molecular formula is C8H5NO3.